The van der Waals surface area contributed by atoms with Crippen LogP contribution in [0.1, 0.15) is 27.2 Å². The quantitative estimate of drug-likeness (QED) is 0.902. The van der Waals surface area contributed by atoms with Crippen molar-refractivity contribution >= 4 is 17.5 Å². The Morgan fingerprint density at radius 1 is 1.38 bits per heavy atom. The molecule has 2 rings (SSSR count). The maximum absolute atomic E-state index is 12.1. The molecule has 1 aromatic rings. The molecule has 0 saturated carbocycles. The molecule has 1 aliphatic rings. The van der Waals surface area contributed by atoms with Gasteiger partial charge in [0, 0.05) is 24.6 Å². The molecule has 0 bridgehead atoms. The number of ether oxygens (including phenoxy) is 1. The van der Waals surface area contributed by atoms with Gasteiger partial charge in [0.15, 0.2) is 0 Å². The molecule has 0 radical (unpaired) electrons. The van der Waals surface area contributed by atoms with Gasteiger partial charge >= 0.3 is 0 Å². The molecule has 1 aliphatic heterocycles. The molecule has 114 valence electrons. The molecule has 0 spiro atoms. The third kappa shape index (κ3) is 3.74. The summed E-state index contributed by atoms with van der Waals surface area (Å²) < 4.78 is 5.39. The molecular weight excluding hydrogens is 268 g/mol. The molecule has 1 N–H and O–H groups in total. The minimum atomic E-state index is -0.112. The fourth-order valence-electron chi connectivity index (χ4n) is 2.31. The maximum Gasteiger partial charge on any atom is 0.229 e. The number of anilines is 1. The average Bonchev–Trinajstić information content (AvgIpc) is 2.80. The van der Waals surface area contributed by atoms with Crippen molar-refractivity contribution in [1.82, 2.24) is 5.32 Å². The topological polar surface area (TPSA) is 58.6 Å². The van der Waals surface area contributed by atoms with Crippen LogP contribution in [-0.2, 0) is 9.59 Å². The Morgan fingerprint density at radius 2 is 2.05 bits per heavy atom. The van der Waals surface area contributed by atoms with E-state index in [1.807, 2.05) is 45.0 Å². The predicted octanol–water partition coefficient (Wildman–Crippen LogP) is 1.96. The molecule has 0 unspecified atom stereocenters. The van der Waals surface area contributed by atoms with E-state index in [9.17, 15) is 9.59 Å². The predicted molar refractivity (Wildman–Crippen MR) is 81.3 cm³/mol. The smallest absolute Gasteiger partial charge is 0.229 e. The second-order valence-corrected chi connectivity index (χ2v) is 5.50. The zero-order valence-corrected chi connectivity index (χ0v) is 12.8. The number of nitrogens with one attached hydrogen (secondary N) is 1. The molecule has 0 aromatic heterocycles. The summed E-state index contributed by atoms with van der Waals surface area (Å²) in [5.74, 6) is 0.742. The Bertz CT molecular complexity index is 511. The number of hydrogen-bond acceptors (Lipinski definition) is 3. The van der Waals surface area contributed by atoms with E-state index in [0.717, 1.165) is 11.4 Å². The number of amides is 2. The number of benzene rings is 1. The molecule has 1 aromatic carbocycles. The average molecular weight is 290 g/mol. The molecule has 2 amide bonds. The Labute approximate surface area is 125 Å². The van der Waals surface area contributed by atoms with Crippen LogP contribution in [0, 0.1) is 5.92 Å². The molecule has 0 aliphatic carbocycles. The molecule has 1 saturated heterocycles. The van der Waals surface area contributed by atoms with Crippen molar-refractivity contribution in [3.63, 3.8) is 0 Å². The van der Waals surface area contributed by atoms with Gasteiger partial charge in [-0.25, -0.2) is 0 Å². The largest absolute Gasteiger partial charge is 0.494 e. The number of carbonyl (C=O) groups excluding carboxylic acids is 2. The summed E-state index contributed by atoms with van der Waals surface area (Å²) in [5, 5.41) is 2.91. The van der Waals surface area contributed by atoms with Crippen LogP contribution in [0.5, 0.6) is 5.75 Å². The fourth-order valence-corrected chi connectivity index (χ4v) is 2.31. The van der Waals surface area contributed by atoms with Crippen molar-refractivity contribution in [2.75, 3.05) is 18.1 Å². The van der Waals surface area contributed by atoms with Crippen LogP contribution in [-0.4, -0.2) is 31.0 Å². The molecule has 21 heavy (non-hydrogen) atoms. The van der Waals surface area contributed by atoms with E-state index in [1.165, 1.54) is 0 Å². The van der Waals surface area contributed by atoms with Gasteiger partial charge < -0.3 is 15.0 Å². The third-order valence-electron chi connectivity index (χ3n) is 3.46. The lowest BCUT2D eigenvalue weighted by atomic mass is 10.2. The minimum Gasteiger partial charge on any atom is -0.494 e. The van der Waals surface area contributed by atoms with Crippen LogP contribution in [0.15, 0.2) is 24.3 Å². The van der Waals surface area contributed by atoms with Gasteiger partial charge in [-0.15, -0.1) is 0 Å². The molecule has 1 atom stereocenters. The van der Waals surface area contributed by atoms with Crippen LogP contribution in [0.2, 0.25) is 0 Å². The molecular formula is C16H22N2O3. The van der Waals surface area contributed by atoms with E-state index in [-0.39, 0.29) is 23.8 Å². The van der Waals surface area contributed by atoms with Gasteiger partial charge in [0.1, 0.15) is 5.75 Å². The van der Waals surface area contributed by atoms with Crippen LogP contribution >= 0.6 is 0 Å². The minimum absolute atomic E-state index is 0.0126. The van der Waals surface area contributed by atoms with Crippen LogP contribution in [0.25, 0.3) is 0 Å². The van der Waals surface area contributed by atoms with Gasteiger partial charge in [-0.05, 0) is 31.2 Å². The van der Waals surface area contributed by atoms with Gasteiger partial charge in [-0.1, -0.05) is 13.8 Å². The molecule has 1 fully saturated rings. The first kappa shape index (κ1) is 15.4. The highest BCUT2D eigenvalue weighted by molar-refractivity contribution is 5.97. The van der Waals surface area contributed by atoms with Crippen molar-refractivity contribution in [3.05, 3.63) is 24.3 Å². The second kappa shape index (κ2) is 6.61. The molecule has 1 heterocycles. The van der Waals surface area contributed by atoms with E-state index in [0.29, 0.717) is 19.6 Å². The first-order valence-corrected chi connectivity index (χ1v) is 7.35. The first-order chi connectivity index (χ1) is 10.0. The maximum atomic E-state index is 12.1. The lowest BCUT2D eigenvalue weighted by Gasteiger charge is -2.18. The summed E-state index contributed by atoms with van der Waals surface area (Å²) in [7, 11) is 0. The van der Waals surface area contributed by atoms with E-state index in [4.69, 9.17) is 4.74 Å². The van der Waals surface area contributed by atoms with Crippen molar-refractivity contribution in [2.45, 2.75) is 33.2 Å². The Hall–Kier alpha value is -2.04. The number of carbonyl (C=O) groups is 2. The lowest BCUT2D eigenvalue weighted by molar-refractivity contribution is -0.124. The summed E-state index contributed by atoms with van der Waals surface area (Å²) in [6.07, 6.45) is 0.353. The fraction of sp³-hybridized carbons (Fsp3) is 0.500. The summed E-state index contributed by atoms with van der Waals surface area (Å²) >= 11 is 0. The first-order valence-electron chi connectivity index (χ1n) is 7.35. The molecule has 5 nitrogen and oxygen atoms in total. The Kier molecular flexibility index (Phi) is 4.83. The third-order valence-corrected chi connectivity index (χ3v) is 3.46. The van der Waals surface area contributed by atoms with Crippen LogP contribution < -0.4 is 15.0 Å². The number of hydrogen-bond donors (Lipinski definition) is 1. The molecule has 5 heteroatoms. The van der Waals surface area contributed by atoms with E-state index >= 15 is 0 Å². The van der Waals surface area contributed by atoms with Gasteiger partial charge in [-0.2, -0.15) is 0 Å². The highest BCUT2D eigenvalue weighted by Gasteiger charge is 2.31. The number of rotatable bonds is 5. The van der Waals surface area contributed by atoms with Gasteiger partial charge in [0.2, 0.25) is 11.8 Å². The monoisotopic (exact) mass is 290 g/mol. The van der Waals surface area contributed by atoms with Crippen molar-refractivity contribution < 1.29 is 14.3 Å². The van der Waals surface area contributed by atoms with Crippen LogP contribution in [0.4, 0.5) is 5.69 Å². The lowest BCUT2D eigenvalue weighted by Crippen LogP contribution is -2.39. The summed E-state index contributed by atoms with van der Waals surface area (Å²) in [4.78, 5) is 25.5. The zero-order valence-electron chi connectivity index (χ0n) is 12.8. The van der Waals surface area contributed by atoms with Gasteiger partial charge in [0.05, 0.1) is 12.6 Å². The summed E-state index contributed by atoms with van der Waals surface area (Å²) in [5.41, 5.74) is 0.838. The van der Waals surface area contributed by atoms with Crippen molar-refractivity contribution in [1.29, 1.82) is 0 Å². The van der Waals surface area contributed by atoms with Gasteiger partial charge in [0.25, 0.3) is 0 Å². The van der Waals surface area contributed by atoms with Gasteiger partial charge in [-0.3, -0.25) is 9.59 Å². The highest BCUT2D eigenvalue weighted by Crippen LogP contribution is 2.24. The van der Waals surface area contributed by atoms with Crippen molar-refractivity contribution in [3.8, 4) is 5.75 Å². The SMILES string of the molecule is CCOc1ccc(N2C[C@H](NC(=O)C(C)C)CC2=O)cc1. The second-order valence-electron chi connectivity index (χ2n) is 5.50. The zero-order chi connectivity index (χ0) is 15.4. The number of nitrogens with zero attached hydrogens (tertiary/aromatic N) is 1. The summed E-state index contributed by atoms with van der Waals surface area (Å²) in [6.45, 7) is 6.75. The Balaban J connectivity index is 2.01. The summed E-state index contributed by atoms with van der Waals surface area (Å²) in [6, 6.07) is 7.34. The normalized spacial score (nSPS) is 18.2. The van der Waals surface area contributed by atoms with E-state index < -0.39 is 0 Å². The van der Waals surface area contributed by atoms with E-state index in [2.05, 4.69) is 5.32 Å². The van der Waals surface area contributed by atoms with E-state index in [1.54, 1.807) is 4.90 Å². The highest BCUT2D eigenvalue weighted by atomic mass is 16.5. The van der Waals surface area contributed by atoms with Crippen LogP contribution in [0.3, 0.4) is 0 Å². The Morgan fingerprint density at radius 3 is 2.62 bits per heavy atom. The van der Waals surface area contributed by atoms with Crippen molar-refractivity contribution in [2.24, 2.45) is 5.92 Å². The standard InChI is InChI=1S/C16H22N2O3/c1-4-21-14-7-5-13(6-8-14)18-10-12(9-15(18)19)17-16(20)11(2)3/h5-8,11-12H,4,9-10H2,1-3H3,(H,17,20)/t12-/m1/s1.